The van der Waals surface area contributed by atoms with E-state index in [1.54, 1.807) is 36.4 Å². The monoisotopic (exact) mass is 342 g/mol. The molecule has 6 nitrogen and oxygen atoms in total. The van der Waals surface area contributed by atoms with Crippen LogP contribution in [0.25, 0.3) is 0 Å². The third-order valence-corrected chi connectivity index (χ3v) is 6.15. The summed E-state index contributed by atoms with van der Waals surface area (Å²) in [5.41, 5.74) is 1.35. The van der Waals surface area contributed by atoms with Crippen LogP contribution in [0.4, 0.5) is 0 Å². The third-order valence-electron chi connectivity index (χ3n) is 4.44. The fourth-order valence-corrected chi connectivity index (χ4v) is 4.55. The number of hydrogen-bond acceptors (Lipinski definition) is 6. The topological polar surface area (TPSA) is 74.1 Å². The molecule has 0 bridgehead atoms. The zero-order chi connectivity index (χ0) is 16.6. The average molecular weight is 342 g/mol. The predicted molar refractivity (Wildman–Crippen MR) is 94.0 cm³/mol. The van der Waals surface area contributed by atoms with Crippen LogP contribution in [0.3, 0.4) is 0 Å². The Bertz CT molecular complexity index is 863. The van der Waals surface area contributed by atoms with Gasteiger partial charge in [0.25, 0.3) is 0 Å². The fourth-order valence-electron chi connectivity index (χ4n) is 3.20. The Labute approximate surface area is 141 Å². The average Bonchev–Trinajstić information content (AvgIpc) is 3.08. The minimum absolute atomic E-state index is 0.0145. The molecule has 24 heavy (non-hydrogen) atoms. The van der Waals surface area contributed by atoms with E-state index in [0.29, 0.717) is 5.57 Å². The van der Waals surface area contributed by atoms with Crippen molar-refractivity contribution in [2.45, 2.75) is 10.9 Å². The van der Waals surface area contributed by atoms with Crippen LogP contribution in [0.5, 0.6) is 0 Å². The van der Waals surface area contributed by atoms with Gasteiger partial charge in [-0.05, 0) is 12.1 Å². The first-order valence-electron chi connectivity index (χ1n) is 7.97. The van der Waals surface area contributed by atoms with Gasteiger partial charge in [0.1, 0.15) is 0 Å². The summed E-state index contributed by atoms with van der Waals surface area (Å²) in [6.07, 6.45) is 5.76. The molecule has 4 rings (SSSR count). The van der Waals surface area contributed by atoms with Gasteiger partial charge in [0.05, 0.1) is 16.6 Å². The molecule has 2 heterocycles. The van der Waals surface area contributed by atoms with Gasteiger partial charge in [-0.25, -0.2) is 8.42 Å². The minimum atomic E-state index is -3.66. The van der Waals surface area contributed by atoms with E-state index in [-0.39, 0.29) is 16.0 Å². The molecule has 1 saturated heterocycles. The first-order valence-corrected chi connectivity index (χ1v) is 9.46. The molecule has 7 heteroatoms. The molecule has 1 N–H and O–H groups in total. The Morgan fingerprint density at radius 1 is 1.08 bits per heavy atom. The van der Waals surface area contributed by atoms with Crippen molar-refractivity contribution >= 4 is 20.6 Å². The van der Waals surface area contributed by atoms with Gasteiger partial charge in [0.15, 0.2) is 5.04 Å². The lowest BCUT2D eigenvalue weighted by Crippen LogP contribution is -2.51. The number of rotatable bonds is 2. The molecule has 2 aliphatic heterocycles. The molecule has 3 aliphatic rings. The second-order valence-corrected chi connectivity index (χ2v) is 7.77. The first-order chi connectivity index (χ1) is 11.7. The van der Waals surface area contributed by atoms with E-state index in [0.717, 1.165) is 31.9 Å². The van der Waals surface area contributed by atoms with E-state index in [1.807, 2.05) is 6.08 Å². The largest absolute Gasteiger partial charge is 0.314 e. The molecule has 1 aromatic carbocycles. The number of allylic oxidation sites excluding steroid dienone is 2. The van der Waals surface area contributed by atoms with Crippen molar-refractivity contribution in [3.05, 3.63) is 54.1 Å². The standard InChI is InChI=1S/C17H18N4O2S/c22-24(23,13-5-2-1-3-6-13)17-14-7-4-8-15(16(14)19-20-17)21-11-9-18-10-12-21/h1-8,15,18H,9-12H2. The summed E-state index contributed by atoms with van der Waals surface area (Å²) in [5.74, 6) is 0. The Morgan fingerprint density at radius 2 is 1.83 bits per heavy atom. The number of fused-ring (bicyclic) bond motifs is 1. The van der Waals surface area contributed by atoms with Gasteiger partial charge >= 0.3 is 0 Å². The lowest BCUT2D eigenvalue weighted by Gasteiger charge is -2.34. The van der Waals surface area contributed by atoms with Crippen LogP contribution in [0.15, 0.2) is 69.2 Å². The second kappa shape index (κ2) is 6.08. The number of piperazine rings is 1. The number of hydrogen-bond donors (Lipinski definition) is 1. The zero-order valence-corrected chi connectivity index (χ0v) is 13.9. The highest BCUT2D eigenvalue weighted by molar-refractivity contribution is 8.07. The maximum Gasteiger partial charge on any atom is 0.226 e. The lowest BCUT2D eigenvalue weighted by molar-refractivity contribution is 0.237. The van der Waals surface area contributed by atoms with Crippen LogP contribution in [0.1, 0.15) is 0 Å². The molecule has 0 radical (unpaired) electrons. The van der Waals surface area contributed by atoms with Crippen molar-refractivity contribution in [2.75, 3.05) is 26.2 Å². The van der Waals surface area contributed by atoms with Crippen LogP contribution in [0.2, 0.25) is 0 Å². The maximum atomic E-state index is 12.9. The molecule has 0 saturated carbocycles. The first kappa shape index (κ1) is 15.4. The van der Waals surface area contributed by atoms with E-state index in [4.69, 9.17) is 0 Å². The number of sulfone groups is 1. The lowest BCUT2D eigenvalue weighted by atomic mass is 9.97. The highest BCUT2D eigenvalue weighted by Crippen LogP contribution is 2.27. The SMILES string of the molecule is O=S(=O)(C1=NN=C2C1=CC=CC2N1CCNCC1)c1ccccc1. The second-order valence-electron chi connectivity index (χ2n) is 5.90. The van der Waals surface area contributed by atoms with E-state index < -0.39 is 9.84 Å². The summed E-state index contributed by atoms with van der Waals surface area (Å²) in [4.78, 5) is 2.54. The summed E-state index contributed by atoms with van der Waals surface area (Å²) in [5, 5.41) is 11.6. The molecule has 1 aliphatic carbocycles. The van der Waals surface area contributed by atoms with E-state index >= 15 is 0 Å². The smallest absolute Gasteiger partial charge is 0.226 e. The van der Waals surface area contributed by atoms with Gasteiger partial charge in [0.2, 0.25) is 9.84 Å². The number of benzene rings is 1. The zero-order valence-electron chi connectivity index (χ0n) is 13.1. The van der Waals surface area contributed by atoms with Gasteiger partial charge in [0, 0.05) is 31.8 Å². The van der Waals surface area contributed by atoms with Crippen molar-refractivity contribution in [2.24, 2.45) is 10.2 Å². The van der Waals surface area contributed by atoms with E-state index in [9.17, 15) is 8.42 Å². The maximum absolute atomic E-state index is 12.9. The molecule has 0 amide bonds. The summed E-state index contributed by atoms with van der Waals surface area (Å²) < 4.78 is 25.8. The van der Waals surface area contributed by atoms with Gasteiger partial charge in [-0.15, -0.1) is 5.10 Å². The quantitative estimate of drug-likeness (QED) is 0.870. The van der Waals surface area contributed by atoms with Crippen molar-refractivity contribution in [1.82, 2.24) is 10.2 Å². The normalized spacial score (nSPS) is 24.2. The van der Waals surface area contributed by atoms with Crippen LogP contribution >= 0.6 is 0 Å². The summed E-state index contributed by atoms with van der Waals surface area (Å²) >= 11 is 0. The highest BCUT2D eigenvalue weighted by Gasteiger charge is 2.37. The molecule has 124 valence electrons. The molecule has 1 aromatic rings. The van der Waals surface area contributed by atoms with Gasteiger partial charge in [-0.2, -0.15) is 5.10 Å². The molecular weight excluding hydrogens is 324 g/mol. The van der Waals surface area contributed by atoms with Crippen molar-refractivity contribution < 1.29 is 8.42 Å². The van der Waals surface area contributed by atoms with Crippen molar-refractivity contribution in [1.29, 1.82) is 0 Å². The van der Waals surface area contributed by atoms with E-state index in [2.05, 4.69) is 26.5 Å². The Balaban J connectivity index is 1.64. The molecule has 0 spiro atoms. The van der Waals surface area contributed by atoms with Crippen molar-refractivity contribution in [3.63, 3.8) is 0 Å². The van der Waals surface area contributed by atoms with Crippen LogP contribution in [-0.2, 0) is 9.84 Å². The summed E-state index contributed by atoms with van der Waals surface area (Å²) in [6, 6.07) is 8.37. The van der Waals surface area contributed by atoms with E-state index in [1.165, 1.54) is 0 Å². The van der Waals surface area contributed by atoms with Crippen LogP contribution in [-0.4, -0.2) is 56.3 Å². The molecular formula is C17H18N4O2S. The highest BCUT2D eigenvalue weighted by atomic mass is 32.2. The Hall–Kier alpha value is -2.09. The van der Waals surface area contributed by atoms with Gasteiger partial charge in [-0.1, -0.05) is 36.4 Å². The fraction of sp³-hybridized carbons (Fsp3) is 0.294. The molecule has 1 unspecified atom stereocenters. The Kier molecular flexibility index (Phi) is 3.91. The van der Waals surface area contributed by atoms with Crippen LogP contribution in [0, 0.1) is 0 Å². The predicted octanol–water partition coefficient (Wildman–Crippen LogP) is 0.998. The number of nitrogens with one attached hydrogen (secondary N) is 1. The van der Waals surface area contributed by atoms with Crippen LogP contribution < -0.4 is 5.32 Å². The third kappa shape index (κ3) is 2.54. The van der Waals surface area contributed by atoms with Crippen molar-refractivity contribution in [3.8, 4) is 0 Å². The van der Waals surface area contributed by atoms with Gasteiger partial charge < -0.3 is 5.32 Å². The minimum Gasteiger partial charge on any atom is -0.314 e. The summed E-state index contributed by atoms with van der Waals surface area (Å²) in [6.45, 7) is 3.66. The Morgan fingerprint density at radius 3 is 2.58 bits per heavy atom. The molecule has 1 atom stereocenters. The summed E-state index contributed by atoms with van der Waals surface area (Å²) in [7, 11) is -3.66. The number of nitrogens with zero attached hydrogens (tertiary/aromatic N) is 3. The molecule has 0 aromatic heterocycles. The molecule has 1 fully saturated rings. The van der Waals surface area contributed by atoms with Gasteiger partial charge in [-0.3, -0.25) is 4.90 Å².